The molecule has 1 atom stereocenters. The van der Waals surface area contributed by atoms with Gasteiger partial charge < -0.3 is 5.11 Å². The molecule has 0 unspecified atom stereocenters. The molecule has 0 radical (unpaired) electrons. The number of rotatable bonds is 5. The first-order valence-electron chi connectivity index (χ1n) is 6.30. The van der Waals surface area contributed by atoms with E-state index < -0.39 is 5.97 Å². The highest BCUT2D eigenvalue weighted by Crippen LogP contribution is 2.21. The smallest absolute Gasteiger partial charge is 0.303 e. The van der Waals surface area contributed by atoms with Crippen LogP contribution in [-0.4, -0.2) is 16.9 Å². The summed E-state index contributed by atoms with van der Waals surface area (Å²) in [5.41, 5.74) is 0.676. The largest absolute Gasteiger partial charge is 0.481 e. The predicted molar refractivity (Wildman–Crippen MR) is 74.3 cm³/mol. The molecule has 0 heterocycles. The molecule has 0 aliphatic carbocycles. The lowest BCUT2D eigenvalue weighted by molar-refractivity contribution is -0.137. The first-order valence-corrected chi connectivity index (χ1v) is 6.30. The number of hydrogen-bond donors (Lipinski definition) is 1. The van der Waals surface area contributed by atoms with E-state index in [1.807, 2.05) is 36.4 Å². The quantitative estimate of drug-likeness (QED) is 0.833. The molecule has 98 valence electrons. The van der Waals surface area contributed by atoms with Crippen molar-refractivity contribution >= 4 is 22.5 Å². The van der Waals surface area contributed by atoms with Crippen molar-refractivity contribution in [2.24, 2.45) is 5.92 Å². The Morgan fingerprint density at radius 2 is 1.74 bits per heavy atom. The maximum atomic E-state index is 12.3. The van der Waals surface area contributed by atoms with Crippen LogP contribution in [0.4, 0.5) is 0 Å². The third-order valence-electron chi connectivity index (χ3n) is 3.15. The summed E-state index contributed by atoms with van der Waals surface area (Å²) in [5.74, 6) is -1.01. The molecule has 3 heteroatoms. The van der Waals surface area contributed by atoms with Gasteiger partial charge in [-0.2, -0.15) is 0 Å². The van der Waals surface area contributed by atoms with Crippen LogP contribution in [0.1, 0.15) is 30.1 Å². The maximum Gasteiger partial charge on any atom is 0.303 e. The molecule has 0 fully saturated rings. The highest BCUT2D eigenvalue weighted by Gasteiger charge is 2.15. The number of benzene rings is 2. The van der Waals surface area contributed by atoms with E-state index in [1.54, 1.807) is 13.0 Å². The molecule has 2 rings (SSSR count). The molecule has 1 N–H and O–H groups in total. The topological polar surface area (TPSA) is 54.4 Å². The highest BCUT2D eigenvalue weighted by atomic mass is 16.4. The van der Waals surface area contributed by atoms with Crippen molar-refractivity contribution in [1.82, 2.24) is 0 Å². The van der Waals surface area contributed by atoms with Gasteiger partial charge in [-0.25, -0.2) is 0 Å². The number of carboxylic acids is 1. The van der Waals surface area contributed by atoms with E-state index in [9.17, 15) is 9.59 Å². The van der Waals surface area contributed by atoms with Crippen LogP contribution in [0.5, 0.6) is 0 Å². The maximum absolute atomic E-state index is 12.3. The van der Waals surface area contributed by atoms with E-state index >= 15 is 0 Å². The first-order chi connectivity index (χ1) is 9.08. The van der Waals surface area contributed by atoms with Gasteiger partial charge in [0.05, 0.1) is 0 Å². The molecule has 2 aromatic carbocycles. The second-order valence-electron chi connectivity index (χ2n) is 4.86. The van der Waals surface area contributed by atoms with Crippen molar-refractivity contribution in [2.75, 3.05) is 0 Å². The molecular weight excluding hydrogens is 240 g/mol. The predicted octanol–water partition coefficient (Wildman–Crippen LogP) is 3.52. The van der Waals surface area contributed by atoms with Gasteiger partial charge in [0.15, 0.2) is 5.78 Å². The van der Waals surface area contributed by atoms with Crippen LogP contribution in [0, 0.1) is 5.92 Å². The zero-order chi connectivity index (χ0) is 13.8. The Morgan fingerprint density at radius 3 is 2.47 bits per heavy atom. The number of hydrogen-bond acceptors (Lipinski definition) is 2. The van der Waals surface area contributed by atoms with Crippen LogP contribution < -0.4 is 0 Å². The number of Topliss-reactive ketones (excluding diaryl/α,β-unsaturated/α-hetero) is 1. The van der Waals surface area contributed by atoms with Crippen molar-refractivity contribution in [1.29, 1.82) is 0 Å². The van der Waals surface area contributed by atoms with E-state index in [0.717, 1.165) is 10.8 Å². The van der Waals surface area contributed by atoms with Crippen molar-refractivity contribution < 1.29 is 14.7 Å². The van der Waals surface area contributed by atoms with Crippen molar-refractivity contribution in [3.05, 3.63) is 48.0 Å². The van der Waals surface area contributed by atoms with E-state index in [4.69, 9.17) is 5.11 Å². The van der Waals surface area contributed by atoms with Crippen LogP contribution in [0.15, 0.2) is 42.5 Å². The Morgan fingerprint density at radius 1 is 1.05 bits per heavy atom. The molecule has 0 saturated heterocycles. The number of carbonyl (C=O) groups is 2. The zero-order valence-electron chi connectivity index (χ0n) is 10.8. The number of fused-ring (bicyclic) bond motifs is 1. The minimum Gasteiger partial charge on any atom is -0.481 e. The van der Waals surface area contributed by atoms with Gasteiger partial charge in [-0.3, -0.25) is 9.59 Å². The lowest BCUT2D eigenvalue weighted by atomic mass is 9.94. The van der Waals surface area contributed by atoms with E-state index in [2.05, 4.69) is 0 Å². The lowest BCUT2D eigenvalue weighted by Gasteiger charge is -2.09. The van der Waals surface area contributed by atoms with Crippen LogP contribution in [0.2, 0.25) is 0 Å². The molecule has 0 amide bonds. The average molecular weight is 256 g/mol. The summed E-state index contributed by atoms with van der Waals surface area (Å²) >= 11 is 0. The molecule has 2 aromatic rings. The Hall–Kier alpha value is -2.16. The van der Waals surface area contributed by atoms with Gasteiger partial charge >= 0.3 is 5.97 Å². The van der Waals surface area contributed by atoms with Gasteiger partial charge in [-0.15, -0.1) is 0 Å². The average Bonchev–Trinajstić information content (AvgIpc) is 2.36. The van der Waals surface area contributed by atoms with Crippen molar-refractivity contribution in [2.45, 2.75) is 19.8 Å². The SMILES string of the molecule is C[C@H](CC(=O)O)CC(=O)c1cccc2ccccc12. The monoisotopic (exact) mass is 256 g/mol. The summed E-state index contributed by atoms with van der Waals surface area (Å²) in [6.07, 6.45) is 0.289. The fraction of sp³-hybridized carbons (Fsp3) is 0.250. The third-order valence-corrected chi connectivity index (χ3v) is 3.15. The van der Waals surface area contributed by atoms with Gasteiger partial charge in [0.2, 0.25) is 0 Å². The zero-order valence-corrected chi connectivity index (χ0v) is 10.8. The Labute approximate surface area is 111 Å². The van der Waals surface area contributed by atoms with Gasteiger partial charge in [0.1, 0.15) is 0 Å². The second-order valence-corrected chi connectivity index (χ2v) is 4.86. The fourth-order valence-electron chi connectivity index (χ4n) is 2.27. The Kier molecular flexibility index (Phi) is 3.95. The molecule has 0 aromatic heterocycles. The minimum absolute atomic E-state index is 0.00514. The Balaban J connectivity index is 2.24. The number of carboxylic acid groups (broad SMARTS) is 1. The molecule has 0 bridgehead atoms. The van der Waals surface area contributed by atoms with E-state index in [-0.39, 0.29) is 24.5 Å². The van der Waals surface area contributed by atoms with Gasteiger partial charge in [-0.05, 0) is 16.7 Å². The normalized spacial score (nSPS) is 12.3. The van der Waals surface area contributed by atoms with E-state index in [0.29, 0.717) is 5.56 Å². The summed E-state index contributed by atoms with van der Waals surface area (Å²) in [6, 6.07) is 13.4. The summed E-state index contributed by atoms with van der Waals surface area (Å²) in [5, 5.41) is 10.7. The summed E-state index contributed by atoms with van der Waals surface area (Å²) in [6.45, 7) is 1.79. The molecule has 0 spiro atoms. The second kappa shape index (κ2) is 5.65. The van der Waals surface area contributed by atoms with Crippen LogP contribution >= 0.6 is 0 Å². The van der Waals surface area contributed by atoms with Gasteiger partial charge in [0.25, 0.3) is 0 Å². The number of carbonyl (C=O) groups excluding carboxylic acids is 1. The lowest BCUT2D eigenvalue weighted by Crippen LogP contribution is -2.10. The Bertz CT molecular complexity index is 611. The van der Waals surface area contributed by atoms with Crippen molar-refractivity contribution in [3.8, 4) is 0 Å². The highest BCUT2D eigenvalue weighted by molar-refractivity contribution is 6.08. The molecule has 0 aliphatic rings. The van der Waals surface area contributed by atoms with Crippen LogP contribution in [-0.2, 0) is 4.79 Å². The first kappa shape index (κ1) is 13.3. The van der Waals surface area contributed by atoms with Gasteiger partial charge in [-0.1, -0.05) is 49.4 Å². The third kappa shape index (κ3) is 3.19. The molecule has 19 heavy (non-hydrogen) atoms. The molecule has 0 saturated carbocycles. The molecule has 3 nitrogen and oxygen atoms in total. The van der Waals surface area contributed by atoms with Crippen LogP contribution in [0.25, 0.3) is 10.8 Å². The number of aliphatic carboxylic acids is 1. The van der Waals surface area contributed by atoms with E-state index in [1.165, 1.54) is 0 Å². The molecular formula is C16H16O3. The summed E-state index contributed by atoms with van der Waals surface area (Å²) in [7, 11) is 0. The van der Waals surface area contributed by atoms with Crippen LogP contribution in [0.3, 0.4) is 0 Å². The summed E-state index contributed by atoms with van der Waals surface area (Å²) in [4.78, 5) is 22.9. The summed E-state index contributed by atoms with van der Waals surface area (Å²) < 4.78 is 0. The van der Waals surface area contributed by atoms with Gasteiger partial charge in [0, 0.05) is 18.4 Å². The molecule has 0 aliphatic heterocycles. The fourth-order valence-corrected chi connectivity index (χ4v) is 2.27. The van der Waals surface area contributed by atoms with Crippen molar-refractivity contribution in [3.63, 3.8) is 0 Å². The number of ketones is 1. The standard InChI is InChI=1S/C16H16O3/c1-11(10-16(18)19)9-15(17)14-8-4-6-12-5-2-3-7-13(12)14/h2-8,11H,9-10H2,1H3,(H,18,19)/t11-/m0/s1. The minimum atomic E-state index is -0.863.